The van der Waals surface area contributed by atoms with E-state index in [9.17, 15) is 0 Å². The number of rotatable bonds is 0. The summed E-state index contributed by atoms with van der Waals surface area (Å²) in [6.45, 7) is 2.30. The zero-order chi connectivity index (χ0) is 5.98. The molecule has 0 heterocycles. The van der Waals surface area contributed by atoms with Crippen LogP contribution in [0.25, 0.3) is 0 Å². The molecule has 0 nitrogen and oxygen atoms in total. The van der Waals surface area contributed by atoms with E-state index in [1.807, 2.05) is 22.3 Å². The topological polar surface area (TPSA) is 0 Å². The summed E-state index contributed by atoms with van der Waals surface area (Å²) in [6, 6.07) is 0. The predicted molar refractivity (Wildman–Crippen MR) is 38.2 cm³/mol. The van der Waals surface area contributed by atoms with E-state index in [1.165, 1.54) is 19.3 Å². The van der Waals surface area contributed by atoms with Gasteiger partial charge in [0.2, 0.25) is 0 Å². The predicted octanol–water partition coefficient (Wildman–Crippen LogP) is 1.59. The van der Waals surface area contributed by atoms with E-state index in [1.54, 1.807) is 3.62 Å². The molecule has 0 saturated carbocycles. The van der Waals surface area contributed by atoms with Crippen LogP contribution in [0.4, 0.5) is 0 Å². The molecular weight excluding hydrogens is 212 g/mol. The van der Waals surface area contributed by atoms with Crippen molar-refractivity contribution in [1.82, 2.24) is 0 Å². The van der Waals surface area contributed by atoms with Gasteiger partial charge in [-0.2, -0.15) is 0 Å². The van der Waals surface area contributed by atoms with Crippen molar-refractivity contribution >= 4 is 22.3 Å². The molecule has 1 unspecified atom stereocenters. The molecular formula is C7H12Te. The van der Waals surface area contributed by atoms with Gasteiger partial charge in [0, 0.05) is 0 Å². The summed E-state index contributed by atoms with van der Waals surface area (Å²) in [5.41, 5.74) is 0. The molecule has 0 amide bonds. The summed E-state index contributed by atoms with van der Waals surface area (Å²) >= 11 is 1.90. The van der Waals surface area contributed by atoms with Crippen molar-refractivity contribution in [2.45, 2.75) is 26.2 Å². The van der Waals surface area contributed by atoms with Crippen LogP contribution in [0.5, 0.6) is 0 Å². The maximum atomic E-state index is 2.41. The fourth-order valence-electron chi connectivity index (χ4n) is 1.10. The van der Waals surface area contributed by atoms with Gasteiger partial charge in [-0.05, 0) is 0 Å². The van der Waals surface area contributed by atoms with Crippen LogP contribution in [0, 0.1) is 5.92 Å². The van der Waals surface area contributed by atoms with Crippen molar-refractivity contribution in [2.24, 2.45) is 5.92 Å². The van der Waals surface area contributed by atoms with Crippen molar-refractivity contribution in [3.63, 3.8) is 0 Å². The zero-order valence-electron chi connectivity index (χ0n) is 5.22. The Bertz CT molecular complexity index is 105. The second-order valence-electron chi connectivity index (χ2n) is 2.53. The average molecular weight is 224 g/mol. The van der Waals surface area contributed by atoms with E-state index in [-0.39, 0.29) is 0 Å². The van der Waals surface area contributed by atoms with Crippen LogP contribution in [0.3, 0.4) is 0 Å². The summed E-state index contributed by atoms with van der Waals surface area (Å²) in [5, 5.41) is 0. The molecule has 1 atom stereocenters. The number of allylic oxidation sites excluding steroid dienone is 2. The molecule has 0 aliphatic heterocycles. The van der Waals surface area contributed by atoms with Gasteiger partial charge in [-0.15, -0.1) is 0 Å². The molecule has 46 valence electrons. The van der Waals surface area contributed by atoms with Crippen molar-refractivity contribution in [3.8, 4) is 0 Å². The Morgan fingerprint density at radius 1 is 1.75 bits per heavy atom. The van der Waals surface area contributed by atoms with Crippen molar-refractivity contribution in [3.05, 3.63) is 9.70 Å². The Hall–Kier alpha value is 0.530. The third-order valence-electron chi connectivity index (χ3n) is 1.57. The molecule has 1 rings (SSSR count). The Morgan fingerprint density at radius 2 is 2.50 bits per heavy atom. The quantitative estimate of drug-likeness (QED) is 0.548. The first-order valence-corrected chi connectivity index (χ1v) is 4.46. The first-order valence-electron chi connectivity index (χ1n) is 3.18. The number of hydrogen-bond acceptors (Lipinski definition) is 0. The Morgan fingerprint density at radius 3 is 2.88 bits per heavy atom. The van der Waals surface area contributed by atoms with Crippen molar-refractivity contribution in [2.75, 3.05) is 0 Å². The van der Waals surface area contributed by atoms with E-state index >= 15 is 0 Å². The van der Waals surface area contributed by atoms with Crippen molar-refractivity contribution in [1.29, 1.82) is 0 Å². The molecule has 0 radical (unpaired) electrons. The molecule has 1 aliphatic carbocycles. The standard InChI is InChI=1S/C7H12Te/c1-6-3-2-4-7(8)5-6/h5-6,8H,2-4H2,1H3. The fourth-order valence-corrected chi connectivity index (χ4v) is 2.28. The van der Waals surface area contributed by atoms with E-state index in [4.69, 9.17) is 0 Å². The third-order valence-corrected chi connectivity index (χ3v) is 2.63. The van der Waals surface area contributed by atoms with Crippen LogP contribution in [0.15, 0.2) is 9.70 Å². The van der Waals surface area contributed by atoms with Gasteiger partial charge in [0.05, 0.1) is 0 Å². The van der Waals surface area contributed by atoms with Crippen LogP contribution < -0.4 is 0 Å². The van der Waals surface area contributed by atoms with Crippen LogP contribution in [0.2, 0.25) is 0 Å². The molecule has 1 heteroatoms. The van der Waals surface area contributed by atoms with Crippen LogP contribution in [-0.2, 0) is 0 Å². The van der Waals surface area contributed by atoms with Gasteiger partial charge in [-0.3, -0.25) is 0 Å². The molecule has 0 N–H and O–H groups in total. The fraction of sp³-hybridized carbons (Fsp3) is 0.714. The van der Waals surface area contributed by atoms with Crippen LogP contribution in [-0.4, -0.2) is 22.3 Å². The summed E-state index contributed by atoms with van der Waals surface area (Å²) in [5.74, 6) is 0.863. The summed E-state index contributed by atoms with van der Waals surface area (Å²) in [7, 11) is 0. The minimum absolute atomic E-state index is 0.863. The van der Waals surface area contributed by atoms with Crippen molar-refractivity contribution < 1.29 is 0 Å². The molecule has 8 heavy (non-hydrogen) atoms. The van der Waals surface area contributed by atoms with Gasteiger partial charge in [0.1, 0.15) is 0 Å². The molecule has 0 fully saturated rings. The van der Waals surface area contributed by atoms with Gasteiger partial charge in [0.15, 0.2) is 0 Å². The first kappa shape index (κ1) is 6.65. The van der Waals surface area contributed by atoms with E-state index in [0.717, 1.165) is 5.92 Å². The maximum absolute atomic E-state index is 2.41. The monoisotopic (exact) mass is 226 g/mol. The molecule has 0 aromatic carbocycles. The second kappa shape index (κ2) is 2.90. The second-order valence-corrected chi connectivity index (χ2v) is 4.17. The molecule has 0 spiro atoms. The van der Waals surface area contributed by atoms with Crippen LogP contribution >= 0.6 is 0 Å². The van der Waals surface area contributed by atoms with Gasteiger partial charge >= 0.3 is 64.1 Å². The minimum atomic E-state index is 0.863. The SMILES string of the molecule is CC1C=C([TeH])CCC1. The average Bonchev–Trinajstić information content (AvgIpc) is 1.64. The number of hydrogen-bond donors (Lipinski definition) is 0. The molecule has 0 bridgehead atoms. The molecule has 1 aliphatic rings. The molecule has 0 saturated heterocycles. The Balaban J connectivity index is 2.50. The zero-order valence-corrected chi connectivity index (χ0v) is 7.78. The summed E-state index contributed by atoms with van der Waals surface area (Å²) in [4.78, 5) is 0. The van der Waals surface area contributed by atoms with Crippen LogP contribution in [0.1, 0.15) is 26.2 Å². The third kappa shape index (κ3) is 1.80. The van der Waals surface area contributed by atoms with E-state index < -0.39 is 0 Å². The van der Waals surface area contributed by atoms with Gasteiger partial charge < -0.3 is 0 Å². The van der Waals surface area contributed by atoms with E-state index in [2.05, 4.69) is 13.0 Å². The van der Waals surface area contributed by atoms with Gasteiger partial charge in [-0.25, -0.2) is 0 Å². The molecule has 0 aromatic heterocycles. The first-order chi connectivity index (χ1) is 3.79. The Labute approximate surface area is 64.3 Å². The van der Waals surface area contributed by atoms with Gasteiger partial charge in [-0.1, -0.05) is 0 Å². The summed E-state index contributed by atoms with van der Waals surface area (Å²) < 4.78 is 1.64. The normalized spacial score (nSPS) is 29.8. The van der Waals surface area contributed by atoms with Gasteiger partial charge in [0.25, 0.3) is 0 Å². The Kier molecular flexibility index (Phi) is 2.41. The summed E-state index contributed by atoms with van der Waals surface area (Å²) in [6.07, 6.45) is 6.60. The molecule has 0 aromatic rings. The van der Waals surface area contributed by atoms with E-state index in [0.29, 0.717) is 0 Å².